The number of methoxy groups -OCH3 is 4. The van der Waals surface area contributed by atoms with Gasteiger partial charge in [0.1, 0.15) is 22.3 Å². The molecule has 0 aromatic heterocycles. The monoisotopic (exact) mass is 382 g/mol. The average molecular weight is 383 g/mol. The minimum Gasteiger partial charge on any atom is -0.507 e. The van der Waals surface area contributed by atoms with Crippen LogP contribution in [-0.2, 0) is 6.42 Å². The molecule has 7 heteroatoms. The summed E-state index contributed by atoms with van der Waals surface area (Å²) >= 11 is 6.29. The van der Waals surface area contributed by atoms with E-state index in [2.05, 4.69) is 0 Å². The first kappa shape index (κ1) is 20.0. The Morgan fingerprint density at radius 2 is 1.58 bits per heavy atom. The van der Waals surface area contributed by atoms with Crippen LogP contribution in [0.2, 0.25) is 5.02 Å². The highest BCUT2D eigenvalue weighted by Crippen LogP contribution is 2.44. The molecule has 0 fully saturated rings. The fraction of sp³-hybridized carbons (Fsp3) is 0.368. The lowest BCUT2D eigenvalue weighted by Crippen LogP contribution is -2.10. The Morgan fingerprint density at radius 3 is 2.12 bits per heavy atom. The van der Waals surface area contributed by atoms with Crippen molar-refractivity contribution in [3.8, 4) is 28.7 Å². The maximum atomic E-state index is 10.4. The van der Waals surface area contributed by atoms with Gasteiger partial charge in [0.25, 0.3) is 0 Å². The number of phenolic OH excluding ortho intramolecular Hbond substituents is 1. The molecule has 0 amide bonds. The Hall–Kier alpha value is -2.31. The van der Waals surface area contributed by atoms with E-state index in [1.807, 2.05) is 6.07 Å². The molecule has 0 saturated carbocycles. The molecule has 0 aliphatic heterocycles. The number of rotatable bonds is 8. The number of aromatic hydroxyl groups is 1. The van der Waals surface area contributed by atoms with Gasteiger partial charge in [0.2, 0.25) is 0 Å². The highest BCUT2D eigenvalue weighted by atomic mass is 35.5. The van der Waals surface area contributed by atoms with Gasteiger partial charge in [-0.3, -0.25) is 0 Å². The molecule has 2 aromatic carbocycles. The summed E-state index contributed by atoms with van der Waals surface area (Å²) < 4.78 is 21.1. The Kier molecular flexibility index (Phi) is 6.83. The van der Waals surface area contributed by atoms with Gasteiger partial charge in [-0.25, -0.2) is 0 Å². The summed E-state index contributed by atoms with van der Waals surface area (Å²) in [4.78, 5) is 0. The SMILES string of the molecule is COc1ccc([C@H](CO)Cc2c(O)cc(OC)c(Cl)c2OC)cc1OC. The van der Waals surface area contributed by atoms with Crippen molar-refractivity contribution in [2.45, 2.75) is 12.3 Å². The summed E-state index contributed by atoms with van der Waals surface area (Å²) in [6.07, 6.45) is 0.310. The molecule has 1 atom stereocenters. The lowest BCUT2D eigenvalue weighted by Gasteiger charge is -2.20. The zero-order valence-electron chi connectivity index (χ0n) is 15.2. The summed E-state index contributed by atoms with van der Waals surface area (Å²) in [5.41, 5.74) is 1.32. The third kappa shape index (κ3) is 3.92. The first-order valence-electron chi connectivity index (χ1n) is 7.95. The van der Waals surface area contributed by atoms with E-state index in [-0.39, 0.29) is 23.3 Å². The third-order valence-electron chi connectivity index (χ3n) is 4.24. The second kappa shape index (κ2) is 8.87. The van der Waals surface area contributed by atoms with Gasteiger partial charge in [0, 0.05) is 17.5 Å². The molecule has 2 N–H and O–H groups in total. The van der Waals surface area contributed by atoms with E-state index >= 15 is 0 Å². The van der Waals surface area contributed by atoms with E-state index in [1.54, 1.807) is 26.4 Å². The molecule has 0 unspecified atom stereocenters. The summed E-state index contributed by atoms with van der Waals surface area (Å²) in [7, 11) is 6.03. The number of benzene rings is 2. The number of halogens is 1. The van der Waals surface area contributed by atoms with Gasteiger partial charge in [-0.1, -0.05) is 17.7 Å². The number of hydrogen-bond donors (Lipinski definition) is 2. The smallest absolute Gasteiger partial charge is 0.160 e. The minimum atomic E-state index is -0.306. The first-order valence-corrected chi connectivity index (χ1v) is 8.33. The number of ether oxygens (including phenoxy) is 4. The topological polar surface area (TPSA) is 77.4 Å². The Bertz CT molecular complexity index is 762. The Morgan fingerprint density at radius 1 is 0.923 bits per heavy atom. The first-order chi connectivity index (χ1) is 12.5. The Balaban J connectivity index is 2.44. The fourth-order valence-electron chi connectivity index (χ4n) is 2.83. The second-order valence-electron chi connectivity index (χ2n) is 5.62. The van der Waals surface area contributed by atoms with Crippen LogP contribution in [0.4, 0.5) is 0 Å². The van der Waals surface area contributed by atoms with E-state index in [1.165, 1.54) is 20.3 Å². The number of phenols is 1. The highest BCUT2D eigenvalue weighted by Gasteiger charge is 2.23. The van der Waals surface area contributed by atoms with E-state index in [0.29, 0.717) is 35.0 Å². The molecule has 2 rings (SSSR count). The summed E-state index contributed by atoms with van der Waals surface area (Å²) in [5, 5.41) is 20.6. The van der Waals surface area contributed by atoms with Gasteiger partial charge in [0.15, 0.2) is 11.5 Å². The molecule has 0 heterocycles. The van der Waals surface area contributed by atoms with Crippen molar-refractivity contribution in [1.82, 2.24) is 0 Å². The lowest BCUT2D eigenvalue weighted by atomic mass is 9.91. The summed E-state index contributed by atoms with van der Waals surface area (Å²) in [6.45, 7) is -0.137. The Labute approximate surface area is 157 Å². The number of aliphatic hydroxyl groups excluding tert-OH is 1. The fourth-order valence-corrected chi connectivity index (χ4v) is 3.16. The van der Waals surface area contributed by atoms with Crippen LogP contribution in [-0.4, -0.2) is 45.3 Å². The minimum absolute atomic E-state index is 0.0120. The molecular formula is C19H23ClO6. The average Bonchev–Trinajstić information content (AvgIpc) is 2.67. The summed E-state index contributed by atoms with van der Waals surface area (Å²) in [5.74, 6) is 1.48. The van der Waals surface area contributed by atoms with E-state index in [9.17, 15) is 10.2 Å². The predicted octanol–water partition coefficient (Wildman–Crippen LogP) is 3.40. The van der Waals surface area contributed by atoms with E-state index < -0.39 is 0 Å². The molecule has 0 bridgehead atoms. The van der Waals surface area contributed by atoms with Gasteiger partial charge in [-0.05, 0) is 24.1 Å². The normalized spacial score (nSPS) is 11.8. The van der Waals surface area contributed by atoms with Crippen LogP contribution in [0.5, 0.6) is 28.7 Å². The number of hydrogen-bond acceptors (Lipinski definition) is 6. The van der Waals surface area contributed by atoms with E-state index in [0.717, 1.165) is 5.56 Å². The molecule has 142 valence electrons. The molecule has 0 radical (unpaired) electrons. The zero-order valence-corrected chi connectivity index (χ0v) is 16.0. The maximum absolute atomic E-state index is 10.4. The van der Waals surface area contributed by atoms with Crippen molar-refractivity contribution >= 4 is 11.6 Å². The van der Waals surface area contributed by atoms with Gasteiger partial charge < -0.3 is 29.2 Å². The van der Waals surface area contributed by atoms with Crippen molar-refractivity contribution < 1.29 is 29.2 Å². The van der Waals surface area contributed by atoms with Crippen LogP contribution in [0.3, 0.4) is 0 Å². The molecule has 0 saturated heterocycles. The molecule has 0 aliphatic rings. The van der Waals surface area contributed by atoms with Crippen molar-refractivity contribution in [2.24, 2.45) is 0 Å². The molecule has 0 spiro atoms. The van der Waals surface area contributed by atoms with Crippen molar-refractivity contribution in [3.05, 3.63) is 40.4 Å². The zero-order chi connectivity index (χ0) is 19.3. The molecule has 0 aliphatic carbocycles. The van der Waals surface area contributed by atoms with Crippen molar-refractivity contribution in [2.75, 3.05) is 35.0 Å². The molecule has 2 aromatic rings. The highest BCUT2D eigenvalue weighted by molar-refractivity contribution is 6.33. The van der Waals surface area contributed by atoms with E-state index in [4.69, 9.17) is 30.5 Å². The largest absolute Gasteiger partial charge is 0.507 e. The summed E-state index contributed by atoms with van der Waals surface area (Å²) in [6, 6.07) is 6.85. The number of aliphatic hydroxyl groups is 1. The van der Waals surface area contributed by atoms with Crippen LogP contribution >= 0.6 is 11.6 Å². The van der Waals surface area contributed by atoms with Gasteiger partial charge in [-0.15, -0.1) is 0 Å². The maximum Gasteiger partial charge on any atom is 0.160 e. The predicted molar refractivity (Wildman–Crippen MR) is 99.3 cm³/mol. The quantitative estimate of drug-likeness (QED) is 0.728. The van der Waals surface area contributed by atoms with Crippen molar-refractivity contribution in [1.29, 1.82) is 0 Å². The molecular weight excluding hydrogens is 360 g/mol. The van der Waals surface area contributed by atoms with Crippen LogP contribution in [0.1, 0.15) is 17.0 Å². The van der Waals surface area contributed by atoms with Crippen molar-refractivity contribution in [3.63, 3.8) is 0 Å². The molecule has 6 nitrogen and oxygen atoms in total. The second-order valence-corrected chi connectivity index (χ2v) is 6.00. The van der Waals surface area contributed by atoms with Gasteiger partial charge in [0.05, 0.1) is 35.0 Å². The van der Waals surface area contributed by atoms with Crippen LogP contribution < -0.4 is 18.9 Å². The van der Waals surface area contributed by atoms with Crippen LogP contribution in [0.25, 0.3) is 0 Å². The third-order valence-corrected chi connectivity index (χ3v) is 4.60. The molecule has 26 heavy (non-hydrogen) atoms. The van der Waals surface area contributed by atoms with Gasteiger partial charge >= 0.3 is 0 Å². The van der Waals surface area contributed by atoms with Gasteiger partial charge in [-0.2, -0.15) is 0 Å². The van der Waals surface area contributed by atoms with Crippen LogP contribution in [0, 0.1) is 0 Å². The van der Waals surface area contributed by atoms with Crippen LogP contribution in [0.15, 0.2) is 24.3 Å². The standard InChI is InChI=1S/C19H23ClO6/c1-23-15-6-5-11(8-16(15)24-2)12(10-21)7-13-14(22)9-17(25-3)18(20)19(13)26-4/h5-6,8-9,12,21-22H,7,10H2,1-4H3/t12-/m0/s1. The lowest BCUT2D eigenvalue weighted by molar-refractivity contribution is 0.262.